The molecular formula is C20H20FNO6. The first-order chi connectivity index (χ1) is 13.6. The summed E-state index contributed by atoms with van der Waals surface area (Å²) in [6.45, 7) is 0.690. The Morgan fingerprint density at radius 2 is 1.89 bits per heavy atom. The third kappa shape index (κ3) is 4.91. The van der Waals surface area contributed by atoms with Gasteiger partial charge in [0, 0.05) is 6.54 Å². The molecule has 28 heavy (non-hydrogen) atoms. The number of carbonyl (C=O) groups is 2. The van der Waals surface area contributed by atoms with Crippen LogP contribution < -0.4 is 19.5 Å². The second-order valence-corrected chi connectivity index (χ2v) is 6.01. The number of hydrogen-bond acceptors (Lipinski definition) is 6. The molecule has 8 heteroatoms. The van der Waals surface area contributed by atoms with Crippen molar-refractivity contribution in [2.75, 3.05) is 33.5 Å². The monoisotopic (exact) mass is 389 g/mol. The Labute approximate surface area is 161 Å². The molecule has 148 valence electrons. The van der Waals surface area contributed by atoms with Crippen LogP contribution in [0.5, 0.6) is 17.2 Å². The second-order valence-electron chi connectivity index (χ2n) is 6.01. The number of carbonyl (C=O) groups excluding carboxylic acids is 2. The van der Waals surface area contributed by atoms with Crippen LogP contribution in [0.3, 0.4) is 0 Å². The minimum atomic E-state index is -0.677. The van der Waals surface area contributed by atoms with Crippen LogP contribution >= 0.6 is 0 Å². The maximum absolute atomic E-state index is 12.9. The van der Waals surface area contributed by atoms with Crippen molar-refractivity contribution in [2.24, 2.45) is 0 Å². The summed E-state index contributed by atoms with van der Waals surface area (Å²) in [7, 11) is 1.46. The lowest BCUT2D eigenvalue weighted by molar-refractivity contribution is -0.124. The zero-order chi connectivity index (χ0) is 19.9. The number of methoxy groups -OCH3 is 1. The molecule has 0 bridgehead atoms. The second kappa shape index (κ2) is 9.07. The molecule has 2 aromatic carbocycles. The Balaban J connectivity index is 1.49. The molecule has 0 saturated heterocycles. The van der Waals surface area contributed by atoms with E-state index in [1.165, 1.54) is 31.4 Å². The molecule has 0 aromatic heterocycles. The van der Waals surface area contributed by atoms with Crippen molar-refractivity contribution in [3.63, 3.8) is 0 Å². The van der Waals surface area contributed by atoms with Crippen molar-refractivity contribution in [2.45, 2.75) is 6.42 Å². The van der Waals surface area contributed by atoms with Gasteiger partial charge in [-0.25, -0.2) is 9.18 Å². The maximum Gasteiger partial charge on any atom is 0.338 e. The Morgan fingerprint density at radius 1 is 1.14 bits per heavy atom. The maximum atomic E-state index is 12.9. The van der Waals surface area contributed by atoms with E-state index in [9.17, 15) is 14.0 Å². The highest BCUT2D eigenvalue weighted by molar-refractivity contribution is 5.92. The molecule has 1 amide bonds. The number of benzene rings is 2. The summed E-state index contributed by atoms with van der Waals surface area (Å²) in [4.78, 5) is 24.1. The molecule has 0 unspecified atom stereocenters. The van der Waals surface area contributed by atoms with E-state index >= 15 is 0 Å². The van der Waals surface area contributed by atoms with Crippen molar-refractivity contribution < 1.29 is 32.9 Å². The zero-order valence-electron chi connectivity index (χ0n) is 15.3. The molecule has 0 atom stereocenters. The molecule has 0 saturated carbocycles. The first-order valence-corrected chi connectivity index (χ1v) is 8.72. The Bertz CT molecular complexity index is 835. The number of nitrogens with one attached hydrogen (secondary N) is 1. The van der Waals surface area contributed by atoms with Gasteiger partial charge in [-0.3, -0.25) is 4.79 Å². The largest absolute Gasteiger partial charge is 0.493 e. The van der Waals surface area contributed by atoms with E-state index in [1.807, 2.05) is 0 Å². The number of halogens is 1. The molecule has 1 heterocycles. The predicted octanol–water partition coefficient (Wildman–Crippen LogP) is 2.12. The number of fused-ring (bicyclic) bond motifs is 1. The predicted molar refractivity (Wildman–Crippen MR) is 97.4 cm³/mol. The van der Waals surface area contributed by atoms with Crippen LogP contribution in [0.1, 0.15) is 15.9 Å². The fraction of sp³-hybridized carbons (Fsp3) is 0.300. The van der Waals surface area contributed by atoms with Crippen LogP contribution in [-0.2, 0) is 16.0 Å². The average Bonchev–Trinajstić information content (AvgIpc) is 2.72. The summed E-state index contributed by atoms with van der Waals surface area (Å²) < 4.78 is 34.1. The van der Waals surface area contributed by atoms with Gasteiger partial charge >= 0.3 is 5.97 Å². The third-order valence-electron chi connectivity index (χ3n) is 4.05. The summed E-state index contributed by atoms with van der Waals surface area (Å²) in [5.74, 6) is -0.238. The van der Waals surface area contributed by atoms with E-state index in [0.717, 1.165) is 5.56 Å². The number of rotatable bonds is 7. The molecule has 1 N–H and O–H groups in total. The quantitative estimate of drug-likeness (QED) is 0.731. The first-order valence-electron chi connectivity index (χ1n) is 8.72. The van der Waals surface area contributed by atoms with Gasteiger partial charge in [-0.1, -0.05) is 12.1 Å². The van der Waals surface area contributed by atoms with Crippen LogP contribution in [0, 0.1) is 5.82 Å². The lowest BCUT2D eigenvalue weighted by Crippen LogP contribution is -2.30. The van der Waals surface area contributed by atoms with Crippen LogP contribution in [0.15, 0.2) is 36.4 Å². The SMILES string of the molecule is COc1cc(C(=O)OCC(=O)NCCc2ccc(F)cc2)cc2c1OCCO2. The standard InChI is InChI=1S/C20H20FNO6/c1-25-16-10-14(11-17-19(16)27-9-8-26-17)20(24)28-12-18(23)22-7-6-13-2-4-15(21)5-3-13/h2-5,10-11H,6-9,12H2,1H3,(H,22,23). The van der Waals surface area contributed by atoms with Gasteiger partial charge in [0.1, 0.15) is 19.0 Å². The minimum Gasteiger partial charge on any atom is -0.493 e. The van der Waals surface area contributed by atoms with Gasteiger partial charge in [0.25, 0.3) is 5.91 Å². The van der Waals surface area contributed by atoms with Crippen molar-refractivity contribution in [1.82, 2.24) is 5.32 Å². The molecule has 7 nitrogen and oxygen atoms in total. The fourth-order valence-corrected chi connectivity index (χ4v) is 2.65. The molecule has 2 aromatic rings. The first kappa shape index (κ1) is 19.5. The van der Waals surface area contributed by atoms with Gasteiger partial charge in [-0.2, -0.15) is 0 Å². The minimum absolute atomic E-state index is 0.195. The van der Waals surface area contributed by atoms with E-state index in [4.69, 9.17) is 18.9 Å². The topological polar surface area (TPSA) is 83.1 Å². The Morgan fingerprint density at radius 3 is 2.64 bits per heavy atom. The summed E-state index contributed by atoms with van der Waals surface area (Å²) in [6, 6.07) is 8.99. The summed E-state index contributed by atoms with van der Waals surface area (Å²) in [5, 5.41) is 2.65. The van der Waals surface area contributed by atoms with Crippen LogP contribution in [0.2, 0.25) is 0 Å². The highest BCUT2D eigenvalue weighted by atomic mass is 19.1. The van der Waals surface area contributed by atoms with Gasteiger partial charge in [0.2, 0.25) is 5.75 Å². The smallest absolute Gasteiger partial charge is 0.338 e. The lowest BCUT2D eigenvalue weighted by atomic mass is 10.1. The average molecular weight is 389 g/mol. The zero-order valence-corrected chi connectivity index (χ0v) is 15.3. The van der Waals surface area contributed by atoms with Crippen molar-refractivity contribution in [3.05, 3.63) is 53.3 Å². The molecule has 1 aliphatic rings. The molecule has 0 spiro atoms. The number of ether oxygens (including phenoxy) is 4. The van der Waals surface area contributed by atoms with E-state index in [0.29, 0.717) is 43.4 Å². The number of amides is 1. The van der Waals surface area contributed by atoms with Gasteiger partial charge in [-0.05, 0) is 36.2 Å². The molecule has 3 rings (SSSR count). The lowest BCUT2D eigenvalue weighted by Gasteiger charge is -2.21. The van der Waals surface area contributed by atoms with Gasteiger partial charge < -0.3 is 24.3 Å². The highest BCUT2D eigenvalue weighted by Gasteiger charge is 2.22. The molecule has 0 fully saturated rings. The van der Waals surface area contributed by atoms with Crippen LogP contribution in [-0.4, -0.2) is 45.4 Å². The van der Waals surface area contributed by atoms with E-state index < -0.39 is 18.5 Å². The molecule has 0 aliphatic carbocycles. The summed E-state index contributed by atoms with van der Waals surface area (Å²) in [6.07, 6.45) is 0.541. The molecule has 0 radical (unpaired) electrons. The van der Waals surface area contributed by atoms with Gasteiger partial charge in [0.05, 0.1) is 12.7 Å². The van der Waals surface area contributed by atoms with E-state index in [1.54, 1.807) is 12.1 Å². The highest BCUT2D eigenvalue weighted by Crippen LogP contribution is 2.40. The molecule has 1 aliphatic heterocycles. The van der Waals surface area contributed by atoms with Gasteiger partial charge in [0.15, 0.2) is 18.1 Å². The third-order valence-corrected chi connectivity index (χ3v) is 4.05. The summed E-state index contributed by atoms with van der Waals surface area (Å²) in [5.41, 5.74) is 1.09. The number of hydrogen-bond donors (Lipinski definition) is 1. The van der Waals surface area contributed by atoms with Gasteiger partial charge in [-0.15, -0.1) is 0 Å². The Kier molecular flexibility index (Phi) is 6.31. The fourth-order valence-electron chi connectivity index (χ4n) is 2.65. The number of esters is 1. The normalized spacial score (nSPS) is 12.2. The Hall–Kier alpha value is -3.29. The van der Waals surface area contributed by atoms with Crippen LogP contribution in [0.25, 0.3) is 0 Å². The van der Waals surface area contributed by atoms with Crippen LogP contribution in [0.4, 0.5) is 4.39 Å². The molecular weight excluding hydrogens is 369 g/mol. The van der Waals surface area contributed by atoms with Crippen molar-refractivity contribution in [3.8, 4) is 17.2 Å². The van der Waals surface area contributed by atoms with Crippen molar-refractivity contribution >= 4 is 11.9 Å². The van der Waals surface area contributed by atoms with Crippen molar-refractivity contribution in [1.29, 1.82) is 0 Å². The van der Waals surface area contributed by atoms with E-state index in [2.05, 4.69) is 5.32 Å². The van der Waals surface area contributed by atoms with E-state index in [-0.39, 0.29) is 11.4 Å². The summed E-state index contributed by atoms with van der Waals surface area (Å²) >= 11 is 0.